The third-order valence-electron chi connectivity index (χ3n) is 7.31. The lowest BCUT2D eigenvalue weighted by atomic mass is 9.84. The largest absolute Gasteiger partial charge is 0.476 e. The molecule has 0 saturated heterocycles. The zero-order valence-electron chi connectivity index (χ0n) is 19.4. The number of pyridine rings is 1. The van der Waals surface area contributed by atoms with Crippen molar-refractivity contribution in [1.29, 1.82) is 0 Å². The van der Waals surface area contributed by atoms with E-state index in [4.69, 9.17) is 16.6 Å². The number of benzene rings is 1. The normalized spacial score (nSPS) is 21.4. The number of carbonyl (C=O) groups is 1. The molecule has 0 bridgehead atoms. The summed E-state index contributed by atoms with van der Waals surface area (Å²) >= 11 is 5.88. The Morgan fingerprint density at radius 1 is 1.26 bits per heavy atom. The summed E-state index contributed by atoms with van der Waals surface area (Å²) in [5, 5.41) is 13.2. The molecule has 0 radical (unpaired) electrons. The van der Waals surface area contributed by atoms with Gasteiger partial charge in [-0.2, -0.15) is 0 Å². The molecule has 7 nitrogen and oxygen atoms in total. The summed E-state index contributed by atoms with van der Waals surface area (Å²) in [5.74, 6) is -3.56. The van der Waals surface area contributed by atoms with Gasteiger partial charge in [0.2, 0.25) is 5.92 Å². The van der Waals surface area contributed by atoms with E-state index in [9.17, 15) is 23.5 Å². The Hall–Kier alpha value is -3.07. The summed E-state index contributed by atoms with van der Waals surface area (Å²) < 4.78 is 30.0. The van der Waals surface area contributed by atoms with Crippen molar-refractivity contribution in [3.8, 4) is 0 Å². The van der Waals surface area contributed by atoms with Crippen molar-refractivity contribution < 1.29 is 18.7 Å². The Bertz CT molecular complexity index is 1420. The molecule has 3 aromatic rings. The van der Waals surface area contributed by atoms with Crippen LogP contribution in [0.15, 0.2) is 29.1 Å². The van der Waals surface area contributed by atoms with Gasteiger partial charge in [-0.25, -0.2) is 23.5 Å². The number of halogens is 3. The molecule has 5 rings (SSSR count). The fraction of sp³-hybridized carbons (Fsp3) is 0.440. The minimum absolute atomic E-state index is 0.0583. The Balaban J connectivity index is 1.66. The van der Waals surface area contributed by atoms with Gasteiger partial charge >= 0.3 is 5.97 Å². The maximum atomic E-state index is 14.2. The number of carboxylic acids is 1. The number of aromatic carboxylic acids is 1. The fourth-order valence-electron chi connectivity index (χ4n) is 5.52. The van der Waals surface area contributed by atoms with Gasteiger partial charge in [0.05, 0.1) is 22.6 Å². The van der Waals surface area contributed by atoms with E-state index in [2.05, 4.69) is 10.3 Å². The number of rotatable bonds is 5. The van der Waals surface area contributed by atoms with E-state index in [1.807, 2.05) is 26.0 Å². The van der Waals surface area contributed by atoms with E-state index < -0.39 is 23.3 Å². The van der Waals surface area contributed by atoms with E-state index in [-0.39, 0.29) is 34.9 Å². The van der Waals surface area contributed by atoms with Gasteiger partial charge < -0.3 is 10.4 Å². The number of aryl methyl sites for hydroxylation is 1. The predicted octanol–water partition coefficient (Wildman–Crippen LogP) is 5.34. The molecule has 1 aromatic carbocycles. The van der Waals surface area contributed by atoms with Crippen molar-refractivity contribution >= 4 is 34.2 Å². The average molecular weight is 503 g/mol. The molecule has 0 unspecified atom stereocenters. The predicted molar refractivity (Wildman–Crippen MR) is 129 cm³/mol. The molecule has 2 atom stereocenters. The molecule has 1 spiro atoms. The summed E-state index contributed by atoms with van der Waals surface area (Å²) in [6, 6.07) is 6.32. The Morgan fingerprint density at radius 2 is 2.03 bits per heavy atom. The molecule has 184 valence electrons. The highest BCUT2D eigenvalue weighted by atomic mass is 35.5. The highest BCUT2D eigenvalue weighted by Gasteiger charge is 2.54. The van der Waals surface area contributed by atoms with Gasteiger partial charge in [-0.05, 0) is 49.9 Å². The van der Waals surface area contributed by atoms with Gasteiger partial charge in [0.15, 0.2) is 5.69 Å². The first-order valence-electron chi connectivity index (χ1n) is 11.7. The number of hydrogen-bond donors (Lipinski definition) is 2. The number of hydrogen-bond acceptors (Lipinski definition) is 5. The Labute approximate surface area is 205 Å². The lowest BCUT2D eigenvalue weighted by Crippen LogP contribution is -2.28. The topological polar surface area (TPSA) is 97.1 Å². The molecule has 2 aromatic heterocycles. The van der Waals surface area contributed by atoms with E-state index in [0.29, 0.717) is 48.1 Å². The van der Waals surface area contributed by atoms with Crippen LogP contribution in [0.1, 0.15) is 73.0 Å². The first kappa shape index (κ1) is 23.7. The summed E-state index contributed by atoms with van der Waals surface area (Å²) in [4.78, 5) is 34.0. The summed E-state index contributed by atoms with van der Waals surface area (Å²) in [6.07, 6.45) is 0.945. The molecule has 0 amide bonds. The van der Waals surface area contributed by atoms with Crippen LogP contribution in [0.25, 0.3) is 10.9 Å². The van der Waals surface area contributed by atoms with Crippen LogP contribution in [-0.2, 0) is 18.4 Å². The Morgan fingerprint density at radius 3 is 2.69 bits per heavy atom. The second kappa shape index (κ2) is 8.26. The van der Waals surface area contributed by atoms with Crippen LogP contribution < -0.4 is 10.9 Å². The number of fused-ring (bicyclic) bond motifs is 3. The van der Waals surface area contributed by atoms with Crippen LogP contribution in [0.5, 0.6) is 0 Å². The first-order chi connectivity index (χ1) is 16.5. The molecule has 3 heterocycles. The van der Waals surface area contributed by atoms with Crippen molar-refractivity contribution in [1.82, 2.24) is 14.5 Å². The van der Waals surface area contributed by atoms with Gasteiger partial charge in [0.25, 0.3) is 5.56 Å². The average Bonchev–Trinajstić information content (AvgIpc) is 3.33. The summed E-state index contributed by atoms with van der Waals surface area (Å²) in [5.41, 5.74) is 1.10. The van der Waals surface area contributed by atoms with Crippen LogP contribution in [-0.4, -0.2) is 31.5 Å². The van der Waals surface area contributed by atoms with Crippen molar-refractivity contribution in [2.45, 2.75) is 69.9 Å². The maximum Gasteiger partial charge on any atom is 0.356 e. The minimum atomic E-state index is -2.76. The second-order valence-electron chi connectivity index (χ2n) is 9.59. The van der Waals surface area contributed by atoms with Crippen molar-refractivity contribution in [2.75, 3.05) is 5.32 Å². The van der Waals surface area contributed by atoms with Crippen LogP contribution >= 0.6 is 11.6 Å². The first-order valence-corrected chi connectivity index (χ1v) is 12.0. The lowest BCUT2D eigenvalue weighted by Gasteiger charge is -2.24. The monoisotopic (exact) mass is 502 g/mol. The minimum Gasteiger partial charge on any atom is -0.476 e. The molecule has 10 heteroatoms. The van der Waals surface area contributed by atoms with Crippen LogP contribution in [0, 0.1) is 0 Å². The molecular weight excluding hydrogens is 478 g/mol. The van der Waals surface area contributed by atoms with Crippen LogP contribution in [0.4, 0.5) is 14.5 Å². The number of anilines is 1. The second-order valence-corrected chi connectivity index (χ2v) is 9.98. The van der Waals surface area contributed by atoms with Gasteiger partial charge in [-0.3, -0.25) is 9.36 Å². The number of nitrogens with one attached hydrogen (secondary N) is 1. The maximum absolute atomic E-state index is 14.2. The molecule has 1 aliphatic heterocycles. The van der Waals surface area contributed by atoms with Crippen molar-refractivity contribution in [2.24, 2.45) is 0 Å². The molecule has 1 fully saturated rings. The zero-order valence-corrected chi connectivity index (χ0v) is 20.1. The third-order valence-corrected chi connectivity index (χ3v) is 7.52. The van der Waals surface area contributed by atoms with Gasteiger partial charge in [-0.1, -0.05) is 24.6 Å². The standard InChI is InChI=1S/C25H25ClF2N4O3/c1-3-14-10-15(13(2)29-17-4-5-18(26)30-20(17)22(34)35)19-16(11-14)21(33)32-9-8-24(23(32)31-19)6-7-25(27,28)12-24/h4-5,10-11,13,29H,3,6-9,12H2,1-2H3,(H,34,35)/t13-,24-/m1/s1. The molecule has 2 N–H and O–H groups in total. The van der Waals surface area contributed by atoms with Crippen molar-refractivity contribution in [3.05, 3.63) is 62.4 Å². The lowest BCUT2D eigenvalue weighted by molar-refractivity contribution is 0.00241. The summed E-state index contributed by atoms with van der Waals surface area (Å²) in [6.45, 7) is 4.19. The third kappa shape index (κ3) is 3.95. The zero-order chi connectivity index (χ0) is 25.1. The molecule has 1 aliphatic carbocycles. The molecular formula is C25H25ClF2N4O3. The fourth-order valence-corrected chi connectivity index (χ4v) is 5.67. The highest BCUT2D eigenvalue weighted by molar-refractivity contribution is 6.29. The van der Waals surface area contributed by atoms with Crippen LogP contribution in [0.2, 0.25) is 5.15 Å². The molecule has 35 heavy (non-hydrogen) atoms. The van der Waals surface area contributed by atoms with Crippen molar-refractivity contribution in [3.63, 3.8) is 0 Å². The van der Waals surface area contributed by atoms with Gasteiger partial charge in [0, 0.05) is 30.4 Å². The molecule has 2 aliphatic rings. The van der Waals surface area contributed by atoms with E-state index in [1.54, 1.807) is 4.57 Å². The van der Waals surface area contributed by atoms with E-state index in [1.165, 1.54) is 12.1 Å². The Kier molecular flexibility index (Phi) is 5.58. The smallest absolute Gasteiger partial charge is 0.356 e. The number of alkyl halides is 2. The SMILES string of the molecule is CCc1cc([C@@H](C)Nc2ccc(Cl)nc2C(=O)O)c2nc3n(c(=O)c2c1)CC[C@@]31CCC(F)(F)C1. The quantitative estimate of drug-likeness (QED) is 0.457. The highest BCUT2D eigenvalue weighted by Crippen LogP contribution is 2.52. The number of nitrogens with zero attached hydrogens (tertiary/aromatic N) is 3. The van der Waals surface area contributed by atoms with E-state index in [0.717, 1.165) is 5.56 Å². The number of aromatic nitrogens is 3. The molecule has 1 saturated carbocycles. The van der Waals surface area contributed by atoms with Gasteiger partial charge in [-0.15, -0.1) is 0 Å². The van der Waals surface area contributed by atoms with Gasteiger partial charge in [0.1, 0.15) is 11.0 Å². The number of carboxylic acid groups (broad SMARTS) is 1. The summed E-state index contributed by atoms with van der Waals surface area (Å²) in [7, 11) is 0. The van der Waals surface area contributed by atoms with E-state index >= 15 is 0 Å². The van der Waals surface area contributed by atoms with Crippen LogP contribution in [0.3, 0.4) is 0 Å².